The number of carbonyl (C=O) groups is 3. The lowest BCUT2D eigenvalue weighted by molar-refractivity contribution is -0.123. The summed E-state index contributed by atoms with van der Waals surface area (Å²) in [6, 6.07) is 12.9. The Labute approximate surface area is 193 Å². The summed E-state index contributed by atoms with van der Waals surface area (Å²) in [5, 5.41) is 7.13. The molecule has 1 amide bonds. The number of hydrogen-bond acceptors (Lipinski definition) is 9. The summed E-state index contributed by atoms with van der Waals surface area (Å²) in [6.07, 6.45) is -1.29. The van der Waals surface area contributed by atoms with E-state index in [1.54, 1.807) is 13.0 Å². The molecule has 0 radical (unpaired) electrons. The van der Waals surface area contributed by atoms with Gasteiger partial charge in [0.15, 0.2) is 6.10 Å². The molecule has 1 aromatic carbocycles. The fraction of sp³-hybridized carbons (Fsp3) is 0.190. The van der Waals surface area contributed by atoms with Crippen molar-refractivity contribution in [2.24, 2.45) is 5.14 Å². The van der Waals surface area contributed by atoms with Crippen LogP contribution < -0.4 is 10.5 Å². The van der Waals surface area contributed by atoms with Gasteiger partial charge in [-0.2, -0.15) is 0 Å². The Kier molecular flexibility index (Phi) is 7.31. The van der Waals surface area contributed by atoms with Crippen LogP contribution in [0.15, 0.2) is 58.0 Å². The van der Waals surface area contributed by atoms with Crippen LogP contribution in [-0.2, 0) is 24.3 Å². The highest BCUT2D eigenvalue weighted by Gasteiger charge is 2.26. The van der Waals surface area contributed by atoms with Gasteiger partial charge in [-0.05, 0) is 37.6 Å². The quantitative estimate of drug-likeness (QED) is 0.455. The van der Waals surface area contributed by atoms with Gasteiger partial charge in [-0.25, -0.2) is 23.1 Å². The molecule has 0 saturated carbocycles. The number of benzene rings is 1. The van der Waals surface area contributed by atoms with Crippen molar-refractivity contribution in [1.82, 2.24) is 0 Å². The first-order chi connectivity index (χ1) is 15.6. The van der Waals surface area contributed by atoms with Gasteiger partial charge in [0, 0.05) is 4.88 Å². The van der Waals surface area contributed by atoms with Crippen molar-refractivity contribution >= 4 is 44.2 Å². The summed E-state index contributed by atoms with van der Waals surface area (Å²) in [5.74, 6) is -2.82. The number of rotatable bonds is 8. The van der Waals surface area contributed by atoms with E-state index >= 15 is 0 Å². The molecule has 174 valence electrons. The van der Waals surface area contributed by atoms with Crippen molar-refractivity contribution in [3.05, 3.63) is 59.9 Å². The Balaban J connectivity index is 1.76. The number of furan rings is 1. The van der Waals surface area contributed by atoms with Gasteiger partial charge in [0.25, 0.3) is 15.9 Å². The van der Waals surface area contributed by atoms with Crippen LogP contribution in [0.2, 0.25) is 0 Å². The molecule has 0 aliphatic rings. The van der Waals surface area contributed by atoms with E-state index in [1.165, 1.54) is 6.92 Å². The average molecular weight is 493 g/mol. The Morgan fingerprint density at radius 1 is 1.12 bits per heavy atom. The molecule has 2 heterocycles. The lowest BCUT2D eigenvalue weighted by Crippen LogP contribution is -2.30. The van der Waals surface area contributed by atoms with E-state index < -0.39 is 44.8 Å². The number of nitrogens with two attached hydrogens (primary N) is 1. The fourth-order valence-corrected chi connectivity index (χ4v) is 4.18. The van der Waals surface area contributed by atoms with Crippen LogP contribution in [0, 0.1) is 0 Å². The van der Waals surface area contributed by atoms with Crippen molar-refractivity contribution < 1.29 is 36.7 Å². The highest BCUT2D eigenvalue weighted by molar-refractivity contribution is 7.89. The monoisotopic (exact) mass is 492 g/mol. The smallest absolute Gasteiger partial charge is 0.375 e. The van der Waals surface area contributed by atoms with Gasteiger partial charge in [-0.1, -0.05) is 30.3 Å². The van der Waals surface area contributed by atoms with Crippen LogP contribution in [-0.4, -0.2) is 39.0 Å². The van der Waals surface area contributed by atoms with Crippen LogP contribution in [0.5, 0.6) is 0 Å². The Morgan fingerprint density at radius 3 is 2.42 bits per heavy atom. The minimum absolute atomic E-state index is 0.153. The van der Waals surface area contributed by atoms with Crippen LogP contribution in [0.4, 0.5) is 5.00 Å². The van der Waals surface area contributed by atoms with Crippen molar-refractivity contribution in [2.75, 3.05) is 11.9 Å². The highest BCUT2D eigenvalue weighted by Crippen LogP contribution is 2.36. The molecule has 3 rings (SSSR count). The Morgan fingerprint density at radius 2 is 1.82 bits per heavy atom. The molecule has 10 nitrogen and oxygen atoms in total. The molecule has 0 spiro atoms. The number of thiophene rings is 1. The van der Waals surface area contributed by atoms with Gasteiger partial charge in [-0.15, -0.1) is 11.3 Å². The SMILES string of the molecule is CCOC(=O)c1cc(-c2ccccc2)sc1NC(=O)C(C)OC(=O)c1ccc(S(N)(=O)=O)o1. The molecule has 0 aliphatic heterocycles. The van der Waals surface area contributed by atoms with E-state index in [1.807, 2.05) is 30.3 Å². The molecule has 3 N–H and O–H groups in total. The number of nitrogens with one attached hydrogen (secondary N) is 1. The van der Waals surface area contributed by atoms with Gasteiger partial charge in [0.1, 0.15) is 5.00 Å². The second-order valence-electron chi connectivity index (χ2n) is 6.64. The molecular formula is C21H20N2O8S2. The Bertz CT molecular complexity index is 1280. The summed E-state index contributed by atoms with van der Waals surface area (Å²) in [5.41, 5.74) is 1.01. The van der Waals surface area contributed by atoms with Crippen LogP contribution >= 0.6 is 11.3 Å². The van der Waals surface area contributed by atoms with Crippen LogP contribution in [0.25, 0.3) is 10.4 Å². The minimum atomic E-state index is -4.14. The third-order valence-corrected chi connectivity index (χ3v) is 6.12. The zero-order valence-electron chi connectivity index (χ0n) is 17.6. The molecule has 3 aromatic rings. The second-order valence-corrected chi connectivity index (χ2v) is 9.19. The number of sulfonamides is 1. The van der Waals surface area contributed by atoms with Crippen LogP contribution in [0.1, 0.15) is 34.8 Å². The van der Waals surface area contributed by atoms with E-state index in [4.69, 9.17) is 19.0 Å². The second kappa shape index (κ2) is 9.98. The molecule has 0 fully saturated rings. The first-order valence-corrected chi connectivity index (χ1v) is 12.0. The molecular weight excluding hydrogens is 472 g/mol. The molecule has 12 heteroatoms. The lowest BCUT2D eigenvalue weighted by atomic mass is 10.1. The van der Waals surface area contributed by atoms with E-state index in [0.717, 1.165) is 33.9 Å². The number of hydrogen-bond donors (Lipinski definition) is 2. The van der Waals surface area contributed by atoms with Crippen molar-refractivity contribution in [3.8, 4) is 10.4 Å². The largest absolute Gasteiger partial charge is 0.462 e. The van der Waals surface area contributed by atoms with Gasteiger partial charge in [-0.3, -0.25) is 4.79 Å². The van der Waals surface area contributed by atoms with E-state index in [2.05, 4.69) is 5.32 Å². The summed E-state index contributed by atoms with van der Waals surface area (Å²) >= 11 is 1.16. The summed E-state index contributed by atoms with van der Waals surface area (Å²) < 4.78 is 37.5. The minimum Gasteiger partial charge on any atom is -0.462 e. The maximum absolute atomic E-state index is 12.6. The Hall–Kier alpha value is -3.48. The van der Waals surface area contributed by atoms with E-state index in [0.29, 0.717) is 0 Å². The maximum Gasteiger partial charge on any atom is 0.375 e. The molecule has 0 aliphatic carbocycles. The van der Waals surface area contributed by atoms with Crippen LogP contribution in [0.3, 0.4) is 0 Å². The summed E-state index contributed by atoms with van der Waals surface area (Å²) in [6.45, 7) is 3.13. The zero-order valence-corrected chi connectivity index (χ0v) is 19.2. The standard InChI is InChI=1S/C21H20N2O8S2/c1-3-29-20(25)14-11-16(13-7-5-4-6-8-13)32-19(14)23-18(24)12(2)30-21(26)15-9-10-17(31-15)33(22,27)28/h4-12H,3H2,1-2H3,(H,23,24)(H2,22,27,28). The van der Waals surface area contributed by atoms with Gasteiger partial charge in [0.05, 0.1) is 12.2 Å². The molecule has 0 bridgehead atoms. The zero-order chi connectivity index (χ0) is 24.2. The third kappa shape index (κ3) is 5.86. The lowest BCUT2D eigenvalue weighted by Gasteiger charge is -2.12. The number of anilines is 1. The van der Waals surface area contributed by atoms with E-state index in [-0.39, 0.29) is 17.2 Å². The van der Waals surface area contributed by atoms with Crippen molar-refractivity contribution in [2.45, 2.75) is 25.0 Å². The van der Waals surface area contributed by atoms with Crippen molar-refractivity contribution in [1.29, 1.82) is 0 Å². The van der Waals surface area contributed by atoms with Gasteiger partial charge >= 0.3 is 11.9 Å². The normalized spacial score (nSPS) is 12.1. The summed E-state index contributed by atoms with van der Waals surface area (Å²) in [4.78, 5) is 38.0. The van der Waals surface area contributed by atoms with Gasteiger partial charge in [0.2, 0.25) is 10.9 Å². The first-order valence-electron chi connectivity index (χ1n) is 9.61. The molecule has 0 saturated heterocycles. The molecule has 1 unspecified atom stereocenters. The number of ether oxygens (including phenoxy) is 2. The predicted octanol–water partition coefficient (Wildman–Crippen LogP) is 3.02. The average Bonchev–Trinajstić information content (AvgIpc) is 3.42. The van der Waals surface area contributed by atoms with Crippen molar-refractivity contribution in [3.63, 3.8) is 0 Å². The maximum atomic E-state index is 12.6. The summed E-state index contributed by atoms with van der Waals surface area (Å²) in [7, 11) is -4.14. The number of esters is 2. The first kappa shape index (κ1) is 24.2. The highest BCUT2D eigenvalue weighted by atomic mass is 32.2. The number of carbonyl (C=O) groups excluding carboxylic acids is 3. The molecule has 1 atom stereocenters. The predicted molar refractivity (Wildman–Crippen MR) is 119 cm³/mol. The van der Waals surface area contributed by atoms with Gasteiger partial charge < -0.3 is 19.2 Å². The molecule has 2 aromatic heterocycles. The fourth-order valence-electron chi connectivity index (χ4n) is 2.66. The van der Waals surface area contributed by atoms with E-state index in [9.17, 15) is 22.8 Å². The number of primary sulfonamides is 1. The topological polar surface area (TPSA) is 155 Å². The molecule has 33 heavy (non-hydrogen) atoms. The third-order valence-electron chi connectivity index (χ3n) is 4.24. The number of amides is 1.